The van der Waals surface area contributed by atoms with Crippen LogP contribution in [0.25, 0.3) is 0 Å². The van der Waals surface area contributed by atoms with Crippen molar-refractivity contribution in [2.75, 3.05) is 0 Å². The average molecular weight is 1200 g/mol. The van der Waals surface area contributed by atoms with Crippen molar-refractivity contribution in [1.29, 1.82) is 0 Å². The van der Waals surface area contributed by atoms with Crippen molar-refractivity contribution in [3.8, 4) is 0 Å². The molecular formula is C73H72F5NO5P2. The summed E-state index contributed by atoms with van der Waals surface area (Å²) in [6.45, 7) is 2.02. The Morgan fingerprint density at radius 2 is 0.698 bits per heavy atom. The van der Waals surface area contributed by atoms with Crippen LogP contribution in [0.4, 0.5) is 23.2 Å². The number of hydrogen-bond acceptors (Lipinski definition) is 5. The number of aliphatic hydroxyl groups is 1. The molecule has 86 heavy (non-hydrogen) atoms. The van der Waals surface area contributed by atoms with Crippen molar-refractivity contribution < 1.29 is 46.2 Å². The molecule has 11 aromatic carbocycles. The summed E-state index contributed by atoms with van der Waals surface area (Å²) in [5.41, 5.74) is 4.00. The number of benzene rings is 11. The van der Waals surface area contributed by atoms with Crippen LogP contribution in [0.2, 0.25) is 0 Å². The first-order valence-electron chi connectivity index (χ1n) is 26.7. The quantitative estimate of drug-likeness (QED) is 0.0408. The Morgan fingerprint density at radius 3 is 0.977 bits per heavy atom. The van der Waals surface area contributed by atoms with E-state index >= 15 is 0 Å². The number of aliphatic hydroxyl groups excluding tert-OH is 1. The number of aldehydes is 2. The van der Waals surface area contributed by atoms with E-state index in [9.17, 15) is 37.3 Å². The summed E-state index contributed by atoms with van der Waals surface area (Å²) in [5.74, 6) is -0.943. The summed E-state index contributed by atoms with van der Waals surface area (Å²) in [6, 6.07) is 94.6. The third kappa shape index (κ3) is 22.0. The zero-order valence-corrected chi connectivity index (χ0v) is 48.2. The molecule has 0 amide bonds. The van der Waals surface area contributed by atoms with Crippen molar-refractivity contribution in [2.24, 2.45) is 0 Å². The highest BCUT2D eigenvalue weighted by atomic mass is 31.2. The van der Waals surface area contributed by atoms with E-state index in [4.69, 9.17) is 5.11 Å². The molecule has 0 spiro atoms. The monoisotopic (exact) mass is 1200 g/mol. The second-order valence-corrected chi connectivity index (χ2v) is 24.0. The van der Waals surface area contributed by atoms with Crippen LogP contribution < -0.4 is 36.5 Å². The van der Waals surface area contributed by atoms with Gasteiger partial charge in [-0.3, -0.25) is 19.7 Å². The van der Waals surface area contributed by atoms with Crippen LogP contribution in [-0.4, -0.2) is 22.6 Å². The minimum atomic E-state index is -1.91. The van der Waals surface area contributed by atoms with Gasteiger partial charge in [0.1, 0.15) is 59.0 Å². The van der Waals surface area contributed by atoms with E-state index < -0.39 is 20.1 Å². The Labute approximate surface area is 507 Å². The number of halogens is 5. The lowest BCUT2D eigenvalue weighted by atomic mass is 10.2. The van der Waals surface area contributed by atoms with Gasteiger partial charge in [-0.25, -0.2) is 17.6 Å². The van der Waals surface area contributed by atoms with Crippen molar-refractivity contribution in [3.05, 3.63) is 365 Å². The highest BCUT2D eigenvalue weighted by molar-refractivity contribution is 7.95. The standard InChI is InChI=1S/C25H21FP.C18H15P.C8H9F.C7H7FO.C7H5FO.C7H5NO3.CH4.FH.3H2/c26-22-18-16-21(17-19-22)20-27(23-10-4-1-5-11-23,24-12-6-2-7-13-24)25-14-8-3-9-15-25;1-4-10-16(11-5-1)19(17-12-6-2-7-13-17)18-14-8-3-9-15-18;1-2-7-3-5-8(9)6-4-7;2*8-7-3-1-6(5-9)2-4-7;9-5-6-1-3-7(4-2-6)8(10)11;;;;;/h1-19H,20H2;1-15H;3-6H,2H2,1H3;1-4,9H,5H2;1-5H;1-5H;1H4;4*1H/q+1;;;;;;;;;;/p-1/i26-1;;9-1;2*8-1;;;1-1;2*1+1;. The summed E-state index contributed by atoms with van der Waals surface area (Å²) in [5, 5.41) is 26.8. The SMILES string of the molecule is C.CCc1ccc([18F])cc1.O=Cc1ccc([18F])cc1.O=Cc1ccc([N+](=O)[O-])cc1.OCc1ccc([18F])cc1.[18F-].[18F]c1ccc(C[P+](c2ccccc2)(c2ccccc2)c2ccccc2)cc1.[2HH].[2HH].[HH].c1ccc(P(c2ccccc2)c2ccccc2)cc1. The van der Waals surface area contributed by atoms with Gasteiger partial charge < -0.3 is 9.81 Å². The molecule has 13 heteroatoms. The van der Waals surface area contributed by atoms with E-state index in [0.29, 0.717) is 23.7 Å². The number of carbonyl (C=O) groups is 2. The van der Waals surface area contributed by atoms with Gasteiger partial charge in [-0.1, -0.05) is 196 Å². The fourth-order valence-corrected chi connectivity index (χ4v) is 14.9. The molecule has 0 saturated carbocycles. The Morgan fingerprint density at radius 1 is 0.430 bits per heavy atom. The Balaban J connectivity index is 0.000000562. The van der Waals surface area contributed by atoms with Crippen molar-refractivity contribution in [1.82, 2.24) is 0 Å². The Bertz CT molecular complexity index is 3400. The van der Waals surface area contributed by atoms with Gasteiger partial charge in [0, 0.05) is 27.5 Å². The smallest absolute Gasteiger partial charge is 0.269 e. The first-order valence-corrected chi connectivity index (χ1v) is 30.0. The first kappa shape index (κ1) is 69.1. The van der Waals surface area contributed by atoms with Gasteiger partial charge in [-0.05, 0) is 156 Å². The van der Waals surface area contributed by atoms with E-state index in [1.54, 1.807) is 36.4 Å². The molecule has 0 bridgehead atoms. The lowest BCUT2D eigenvalue weighted by molar-refractivity contribution is -0.384. The third-order valence-electron chi connectivity index (χ3n) is 12.6. The number of nitrogens with zero attached hydrogens (tertiary/aromatic N) is 1. The molecule has 0 atom stereocenters. The summed E-state index contributed by atoms with van der Waals surface area (Å²) >= 11 is 0. The number of rotatable bonds is 13. The first-order chi connectivity index (χ1) is 41.0. The van der Waals surface area contributed by atoms with Crippen LogP contribution >= 0.6 is 15.2 Å². The molecule has 0 aromatic heterocycles. The molecule has 0 aliphatic heterocycles. The van der Waals surface area contributed by atoms with Crippen LogP contribution in [0.15, 0.2) is 303 Å². The fourth-order valence-electron chi connectivity index (χ4n) is 8.34. The Kier molecular flexibility index (Phi) is 30.3. The summed E-state index contributed by atoms with van der Waals surface area (Å²) in [4.78, 5) is 29.7. The van der Waals surface area contributed by atoms with E-state index in [1.165, 1.54) is 110 Å². The van der Waals surface area contributed by atoms with Gasteiger partial charge in [-0.2, -0.15) is 0 Å². The molecule has 11 rings (SSSR count). The number of non-ortho nitro benzene ring substituents is 1. The minimum absolute atomic E-state index is 0. The number of nitro groups is 1. The molecule has 6 nitrogen and oxygen atoms in total. The molecule has 1 N–H and O–H groups in total. The fraction of sp³-hybridized carbons (Fsp3) is 0.0685. The van der Waals surface area contributed by atoms with Gasteiger partial charge in [0.2, 0.25) is 0 Å². The lowest BCUT2D eigenvalue weighted by Crippen LogP contribution is -3.00. The van der Waals surface area contributed by atoms with Gasteiger partial charge in [-0.15, -0.1) is 0 Å². The lowest BCUT2D eigenvalue weighted by Gasteiger charge is -2.27. The maximum atomic E-state index is 13.5. The summed E-state index contributed by atoms with van der Waals surface area (Å²) in [6.07, 6.45) is 3.16. The van der Waals surface area contributed by atoms with E-state index in [-0.39, 0.29) is 52.0 Å². The molecule has 11 aromatic rings. The molecule has 0 fully saturated rings. The molecular weight excluding hydrogens is 1120 g/mol. The van der Waals surface area contributed by atoms with E-state index in [2.05, 4.69) is 182 Å². The highest BCUT2D eigenvalue weighted by Crippen LogP contribution is 2.58. The predicted molar refractivity (Wildman–Crippen MR) is 352 cm³/mol. The Hall–Kier alpha value is -9.37. The van der Waals surface area contributed by atoms with Crippen LogP contribution in [0, 0.1) is 33.4 Å². The molecule has 0 unspecified atom stereocenters. The largest absolute Gasteiger partial charge is 1.00 e. The van der Waals surface area contributed by atoms with Gasteiger partial charge in [0.25, 0.3) is 5.69 Å². The van der Waals surface area contributed by atoms with E-state index in [0.717, 1.165) is 23.7 Å². The number of hydrogen-bond donors (Lipinski definition) is 1. The summed E-state index contributed by atoms with van der Waals surface area (Å²) < 4.78 is 50.0. The maximum absolute atomic E-state index is 13.5. The molecule has 0 heterocycles. The normalized spacial score (nSPS) is 9.99. The zero-order chi connectivity index (χ0) is 59.8. The van der Waals surface area contributed by atoms with Crippen molar-refractivity contribution >= 4 is 65.3 Å². The molecule has 0 aliphatic carbocycles. The second kappa shape index (κ2) is 37.8. The minimum Gasteiger partial charge on any atom is -1.00 e. The van der Waals surface area contributed by atoms with Gasteiger partial charge >= 0.3 is 0 Å². The van der Waals surface area contributed by atoms with E-state index in [1.807, 2.05) is 19.1 Å². The predicted octanol–water partition coefficient (Wildman–Crippen LogP) is 13.9. The van der Waals surface area contributed by atoms with Crippen molar-refractivity contribution in [2.45, 2.75) is 33.5 Å². The number of carbonyl (C=O) groups excluding carboxylic acids is 2. The second-order valence-electron chi connectivity index (χ2n) is 18.3. The van der Waals surface area contributed by atoms with Gasteiger partial charge in [0.05, 0.1) is 17.7 Å². The van der Waals surface area contributed by atoms with Crippen LogP contribution in [0.1, 0.15) is 56.0 Å². The number of aryl methyl sites for hydroxylation is 1. The summed E-state index contributed by atoms with van der Waals surface area (Å²) in [7, 11) is -2.36. The molecule has 444 valence electrons. The topological polar surface area (TPSA) is 97.5 Å². The van der Waals surface area contributed by atoms with Crippen molar-refractivity contribution in [3.63, 3.8) is 0 Å². The molecule has 0 aliphatic rings. The third-order valence-corrected chi connectivity index (χ3v) is 19.5. The van der Waals surface area contributed by atoms with Crippen LogP contribution in [0.3, 0.4) is 0 Å². The maximum Gasteiger partial charge on any atom is 0.269 e. The van der Waals surface area contributed by atoms with Gasteiger partial charge in [0.15, 0.2) is 0 Å². The van der Waals surface area contributed by atoms with Crippen LogP contribution in [-0.2, 0) is 19.2 Å². The zero-order valence-electron chi connectivity index (χ0n) is 46.5. The average Bonchev–Trinajstić information content (AvgIpc) is 2.47. The number of nitro benzene ring substituents is 1. The molecule has 0 radical (unpaired) electrons. The molecule has 0 saturated heterocycles. The van der Waals surface area contributed by atoms with Crippen LogP contribution in [0.5, 0.6) is 0 Å². The highest BCUT2D eigenvalue weighted by Gasteiger charge is 2.45.